The molecule has 0 aliphatic carbocycles. The predicted octanol–water partition coefficient (Wildman–Crippen LogP) is 3.00. The van der Waals surface area contributed by atoms with Crippen LogP contribution in [0.4, 0.5) is 0 Å². The van der Waals surface area contributed by atoms with Gasteiger partial charge in [0.15, 0.2) is 0 Å². The molecule has 4 heteroatoms. The van der Waals surface area contributed by atoms with Crippen molar-refractivity contribution in [3.63, 3.8) is 0 Å². The Morgan fingerprint density at radius 3 is 2.35 bits per heavy atom. The third-order valence-corrected chi connectivity index (χ3v) is 4.92. The van der Waals surface area contributed by atoms with Gasteiger partial charge in [-0.15, -0.1) is 11.3 Å². The van der Waals surface area contributed by atoms with E-state index in [1.807, 2.05) is 6.92 Å². The summed E-state index contributed by atoms with van der Waals surface area (Å²) < 4.78 is 0. The Kier molecular flexibility index (Phi) is 3.63. The van der Waals surface area contributed by atoms with Gasteiger partial charge in [0.2, 0.25) is 0 Å². The van der Waals surface area contributed by atoms with Gasteiger partial charge in [0, 0.05) is 10.4 Å². The minimum atomic E-state index is -0.670. The molecule has 1 aliphatic heterocycles. The molecule has 0 atom stereocenters. The summed E-state index contributed by atoms with van der Waals surface area (Å²) in [5, 5.41) is 15.1. The Morgan fingerprint density at radius 1 is 1.15 bits per heavy atom. The van der Waals surface area contributed by atoms with Crippen LogP contribution in [0.25, 0.3) is 11.3 Å². The molecule has 106 valence electrons. The second kappa shape index (κ2) is 5.28. The highest BCUT2D eigenvalue weighted by Gasteiger charge is 2.30. The fraction of sp³-hybridized carbons (Fsp3) is 0.438. The zero-order chi connectivity index (χ0) is 14.2. The number of hydrogen-bond acceptors (Lipinski definition) is 4. The minimum absolute atomic E-state index is 0.670. The largest absolute Gasteiger partial charge is 0.385 e. The molecule has 1 aliphatic rings. The third kappa shape index (κ3) is 2.51. The highest BCUT2D eigenvalue weighted by Crippen LogP contribution is 2.33. The van der Waals surface area contributed by atoms with Crippen LogP contribution in [0.3, 0.4) is 0 Å². The Labute approximate surface area is 123 Å². The Balaban J connectivity index is 1.89. The first-order valence-electron chi connectivity index (χ1n) is 7.06. The molecule has 0 bridgehead atoms. The van der Waals surface area contributed by atoms with Crippen LogP contribution in [0.2, 0.25) is 0 Å². The fourth-order valence-electron chi connectivity index (χ4n) is 2.86. The molecule has 2 aromatic rings. The maximum Gasteiger partial charge on any atom is 0.0920 e. The van der Waals surface area contributed by atoms with Gasteiger partial charge in [0.25, 0.3) is 0 Å². The molecule has 1 fully saturated rings. The van der Waals surface area contributed by atoms with Gasteiger partial charge in [0.1, 0.15) is 0 Å². The number of nitrogens with one attached hydrogen (secondary N) is 1. The van der Waals surface area contributed by atoms with Crippen molar-refractivity contribution in [2.75, 3.05) is 13.1 Å². The molecule has 0 saturated carbocycles. The molecule has 0 radical (unpaired) electrons. The Morgan fingerprint density at radius 2 is 1.80 bits per heavy atom. The maximum atomic E-state index is 10.7. The zero-order valence-electron chi connectivity index (χ0n) is 11.9. The lowest BCUT2D eigenvalue weighted by Crippen LogP contribution is -2.39. The molecule has 2 heterocycles. The number of hydrogen-bond donors (Lipinski definition) is 2. The molecule has 0 amide bonds. The van der Waals surface area contributed by atoms with E-state index in [1.54, 1.807) is 11.3 Å². The predicted molar refractivity (Wildman–Crippen MR) is 83.0 cm³/mol. The van der Waals surface area contributed by atoms with Gasteiger partial charge in [-0.1, -0.05) is 24.3 Å². The van der Waals surface area contributed by atoms with Crippen LogP contribution in [-0.2, 0) is 5.60 Å². The molecule has 0 spiro atoms. The van der Waals surface area contributed by atoms with Crippen molar-refractivity contribution < 1.29 is 5.11 Å². The first kappa shape index (κ1) is 13.7. The zero-order valence-corrected chi connectivity index (χ0v) is 12.8. The monoisotopic (exact) mass is 288 g/mol. The van der Waals surface area contributed by atoms with Gasteiger partial charge in [-0.3, -0.25) is 0 Å². The summed E-state index contributed by atoms with van der Waals surface area (Å²) in [6, 6.07) is 8.26. The van der Waals surface area contributed by atoms with E-state index in [4.69, 9.17) is 0 Å². The lowest BCUT2D eigenvalue weighted by Gasteiger charge is -2.33. The summed E-state index contributed by atoms with van der Waals surface area (Å²) in [6.07, 6.45) is 1.56. The van der Waals surface area contributed by atoms with E-state index in [2.05, 4.69) is 41.5 Å². The number of thiazole rings is 1. The highest BCUT2D eigenvalue weighted by atomic mass is 32.1. The van der Waals surface area contributed by atoms with Crippen molar-refractivity contribution in [3.8, 4) is 11.3 Å². The second-order valence-electron chi connectivity index (χ2n) is 5.50. The standard InChI is InChI=1S/C16H20N2OS/c1-11-15(18-12(2)20-11)13-3-5-14(6-4-13)16(19)7-9-17-10-8-16/h3-6,17,19H,7-10H2,1-2H3. The van der Waals surface area contributed by atoms with Gasteiger partial charge in [-0.25, -0.2) is 4.98 Å². The summed E-state index contributed by atoms with van der Waals surface area (Å²) in [7, 11) is 0. The normalized spacial score (nSPS) is 18.1. The van der Waals surface area contributed by atoms with Crippen molar-refractivity contribution in [1.29, 1.82) is 0 Å². The molecule has 1 aromatic carbocycles. The van der Waals surface area contributed by atoms with E-state index < -0.39 is 5.60 Å². The first-order valence-corrected chi connectivity index (χ1v) is 7.88. The average Bonchev–Trinajstić information content (AvgIpc) is 2.79. The number of aliphatic hydroxyl groups is 1. The lowest BCUT2D eigenvalue weighted by atomic mass is 9.85. The summed E-state index contributed by atoms with van der Waals surface area (Å²) in [5.41, 5.74) is 2.55. The van der Waals surface area contributed by atoms with E-state index in [9.17, 15) is 5.11 Å². The smallest absolute Gasteiger partial charge is 0.0920 e. The van der Waals surface area contributed by atoms with Crippen LogP contribution in [0.5, 0.6) is 0 Å². The van der Waals surface area contributed by atoms with E-state index in [0.717, 1.165) is 47.8 Å². The van der Waals surface area contributed by atoms with Crippen molar-refractivity contribution in [2.45, 2.75) is 32.3 Å². The molecule has 1 saturated heterocycles. The number of rotatable bonds is 2. The third-order valence-electron chi connectivity index (χ3n) is 4.03. The number of benzene rings is 1. The molecule has 2 N–H and O–H groups in total. The quantitative estimate of drug-likeness (QED) is 0.893. The van der Waals surface area contributed by atoms with Crippen molar-refractivity contribution in [1.82, 2.24) is 10.3 Å². The van der Waals surface area contributed by atoms with Gasteiger partial charge in [-0.2, -0.15) is 0 Å². The Bertz CT molecular complexity index is 597. The van der Waals surface area contributed by atoms with Crippen molar-refractivity contribution in [3.05, 3.63) is 39.7 Å². The van der Waals surface area contributed by atoms with Crippen LogP contribution in [0.1, 0.15) is 28.3 Å². The number of aromatic nitrogens is 1. The number of piperidine rings is 1. The SMILES string of the molecule is Cc1nc(-c2ccc(C3(O)CCNCC3)cc2)c(C)s1. The van der Waals surface area contributed by atoms with Crippen LogP contribution in [0.15, 0.2) is 24.3 Å². The molecular weight excluding hydrogens is 268 g/mol. The lowest BCUT2D eigenvalue weighted by molar-refractivity contribution is 0.00595. The Hall–Kier alpha value is -1.23. The molecule has 0 unspecified atom stereocenters. The highest BCUT2D eigenvalue weighted by molar-refractivity contribution is 7.11. The summed E-state index contributed by atoms with van der Waals surface area (Å²) in [6.45, 7) is 5.90. The molecule has 3 rings (SSSR count). The van der Waals surface area contributed by atoms with Gasteiger partial charge in [0.05, 0.1) is 16.3 Å². The minimum Gasteiger partial charge on any atom is -0.385 e. The molecule has 1 aromatic heterocycles. The summed E-state index contributed by atoms with van der Waals surface area (Å²) >= 11 is 1.73. The van der Waals surface area contributed by atoms with Crippen LogP contribution >= 0.6 is 11.3 Å². The fourth-order valence-corrected chi connectivity index (χ4v) is 3.70. The van der Waals surface area contributed by atoms with Crippen LogP contribution in [0, 0.1) is 13.8 Å². The molecular formula is C16H20N2OS. The van der Waals surface area contributed by atoms with E-state index in [0.29, 0.717) is 0 Å². The average molecular weight is 288 g/mol. The number of aryl methyl sites for hydroxylation is 2. The first-order chi connectivity index (χ1) is 9.58. The van der Waals surface area contributed by atoms with Crippen molar-refractivity contribution in [2.24, 2.45) is 0 Å². The van der Waals surface area contributed by atoms with E-state index in [1.165, 1.54) is 4.88 Å². The van der Waals surface area contributed by atoms with Gasteiger partial charge in [-0.05, 0) is 45.3 Å². The number of nitrogens with zero attached hydrogens (tertiary/aromatic N) is 1. The summed E-state index contributed by atoms with van der Waals surface area (Å²) in [4.78, 5) is 5.83. The second-order valence-corrected chi connectivity index (χ2v) is 6.90. The summed E-state index contributed by atoms with van der Waals surface area (Å²) in [5.74, 6) is 0. The molecule has 3 nitrogen and oxygen atoms in total. The topological polar surface area (TPSA) is 45.2 Å². The maximum absolute atomic E-state index is 10.7. The molecule has 20 heavy (non-hydrogen) atoms. The van der Waals surface area contributed by atoms with Crippen molar-refractivity contribution >= 4 is 11.3 Å². The van der Waals surface area contributed by atoms with Crippen LogP contribution < -0.4 is 5.32 Å². The van der Waals surface area contributed by atoms with Gasteiger partial charge < -0.3 is 10.4 Å². The van der Waals surface area contributed by atoms with E-state index in [-0.39, 0.29) is 0 Å². The van der Waals surface area contributed by atoms with Gasteiger partial charge >= 0.3 is 0 Å². The van der Waals surface area contributed by atoms with Crippen LogP contribution in [-0.4, -0.2) is 23.2 Å². The van der Waals surface area contributed by atoms with E-state index >= 15 is 0 Å².